The first kappa shape index (κ1) is 16.3. The van der Waals surface area contributed by atoms with Crippen LogP contribution >= 0.6 is 11.3 Å². The molecule has 7 nitrogen and oxygen atoms in total. The molecular weight excluding hydrogens is 314 g/mol. The van der Waals surface area contributed by atoms with Crippen LogP contribution in [-0.4, -0.2) is 68.9 Å². The molecule has 0 bridgehead atoms. The second-order valence-corrected chi connectivity index (χ2v) is 8.08. The van der Waals surface area contributed by atoms with E-state index in [1.54, 1.807) is 7.05 Å². The van der Waals surface area contributed by atoms with Gasteiger partial charge in [-0.3, -0.25) is 0 Å². The summed E-state index contributed by atoms with van der Waals surface area (Å²) in [6, 6.07) is -0.0567. The molecule has 0 saturated carbocycles. The van der Waals surface area contributed by atoms with Crippen LogP contribution in [0.2, 0.25) is 0 Å². The normalized spacial score (nSPS) is 18.1. The molecule has 0 spiro atoms. The summed E-state index contributed by atoms with van der Waals surface area (Å²) in [5.74, 6) is -0.730. The first-order valence-electron chi connectivity index (χ1n) is 6.56. The first-order chi connectivity index (χ1) is 9.87. The number of carbonyl (C=O) groups excluding carboxylic acids is 1. The zero-order valence-corrected chi connectivity index (χ0v) is 13.9. The van der Waals surface area contributed by atoms with Gasteiger partial charge in [0.2, 0.25) is 0 Å². The van der Waals surface area contributed by atoms with Crippen molar-refractivity contribution in [2.75, 3.05) is 34.3 Å². The molecule has 2 rings (SSSR count). The number of ether oxygens (including phenoxy) is 1. The Morgan fingerprint density at radius 1 is 1.48 bits per heavy atom. The molecule has 0 aromatic carbocycles. The summed E-state index contributed by atoms with van der Waals surface area (Å²) in [5.41, 5.74) is 1.21. The van der Waals surface area contributed by atoms with Crippen LogP contribution in [0.3, 0.4) is 0 Å². The largest absolute Gasteiger partial charge is 0.464 e. The van der Waals surface area contributed by atoms with Crippen LogP contribution in [0.15, 0.2) is 9.72 Å². The molecular formula is C12H19N3O4S2. The number of esters is 1. The molecule has 1 saturated heterocycles. The van der Waals surface area contributed by atoms with Gasteiger partial charge in [-0.05, 0) is 33.0 Å². The Kier molecular flexibility index (Phi) is 4.97. The average molecular weight is 333 g/mol. The van der Waals surface area contributed by atoms with Gasteiger partial charge in [0, 0.05) is 13.1 Å². The van der Waals surface area contributed by atoms with E-state index in [1.165, 1.54) is 16.9 Å². The minimum Gasteiger partial charge on any atom is -0.464 e. The highest BCUT2D eigenvalue weighted by molar-refractivity contribution is 7.91. The standard InChI is InChI=1S/C12H19N3O4S2/c1-14-6-4-9(5-7-14)15(2)21(17,18)12-10(11(16)19-3)13-8-20-12/h8-9H,4-7H2,1-3H3. The van der Waals surface area contributed by atoms with Crippen molar-refractivity contribution in [3.63, 3.8) is 0 Å². The fraction of sp³-hybridized carbons (Fsp3) is 0.667. The molecule has 118 valence electrons. The number of piperidine rings is 1. The van der Waals surface area contributed by atoms with Gasteiger partial charge >= 0.3 is 5.97 Å². The van der Waals surface area contributed by atoms with Crippen molar-refractivity contribution < 1.29 is 17.9 Å². The summed E-state index contributed by atoms with van der Waals surface area (Å²) in [4.78, 5) is 17.6. The van der Waals surface area contributed by atoms with Crippen molar-refractivity contribution in [1.29, 1.82) is 0 Å². The van der Waals surface area contributed by atoms with E-state index in [1.807, 2.05) is 7.05 Å². The molecule has 0 atom stereocenters. The van der Waals surface area contributed by atoms with Gasteiger partial charge in [0.05, 0.1) is 12.6 Å². The Bertz CT molecular complexity index is 606. The lowest BCUT2D eigenvalue weighted by Gasteiger charge is -2.34. The van der Waals surface area contributed by atoms with Crippen molar-refractivity contribution in [1.82, 2.24) is 14.2 Å². The number of sulfonamides is 1. The van der Waals surface area contributed by atoms with E-state index in [0.717, 1.165) is 37.3 Å². The third kappa shape index (κ3) is 3.25. The van der Waals surface area contributed by atoms with Crippen LogP contribution < -0.4 is 0 Å². The van der Waals surface area contributed by atoms with Crippen molar-refractivity contribution in [2.45, 2.75) is 23.1 Å². The molecule has 1 aliphatic heterocycles. The van der Waals surface area contributed by atoms with Gasteiger partial charge < -0.3 is 9.64 Å². The van der Waals surface area contributed by atoms with Gasteiger partial charge in [-0.1, -0.05) is 0 Å². The number of likely N-dealkylation sites (tertiary alicyclic amines) is 1. The quantitative estimate of drug-likeness (QED) is 0.753. The van der Waals surface area contributed by atoms with Gasteiger partial charge in [0.15, 0.2) is 9.90 Å². The number of rotatable bonds is 4. The number of hydrogen-bond donors (Lipinski definition) is 0. The van der Waals surface area contributed by atoms with Crippen molar-refractivity contribution in [3.8, 4) is 0 Å². The molecule has 1 aliphatic rings. The summed E-state index contributed by atoms with van der Waals surface area (Å²) in [6.07, 6.45) is 1.55. The minimum atomic E-state index is -3.73. The third-order valence-electron chi connectivity index (χ3n) is 3.73. The fourth-order valence-corrected chi connectivity index (χ4v) is 5.05. The summed E-state index contributed by atoms with van der Waals surface area (Å²) >= 11 is 0.941. The zero-order chi connectivity index (χ0) is 15.6. The van der Waals surface area contributed by atoms with Gasteiger partial charge in [0.1, 0.15) is 0 Å². The SMILES string of the molecule is COC(=O)c1ncsc1S(=O)(=O)N(C)C1CCN(C)CC1. The van der Waals surface area contributed by atoms with Crippen LogP contribution in [-0.2, 0) is 14.8 Å². The van der Waals surface area contributed by atoms with Gasteiger partial charge in [-0.15, -0.1) is 11.3 Å². The lowest BCUT2D eigenvalue weighted by atomic mass is 10.1. The molecule has 1 aromatic rings. The van der Waals surface area contributed by atoms with E-state index >= 15 is 0 Å². The lowest BCUT2D eigenvalue weighted by Crippen LogP contribution is -2.44. The van der Waals surface area contributed by atoms with E-state index in [2.05, 4.69) is 14.6 Å². The van der Waals surface area contributed by atoms with Crippen LogP contribution in [0, 0.1) is 0 Å². The van der Waals surface area contributed by atoms with E-state index in [0.29, 0.717) is 0 Å². The van der Waals surface area contributed by atoms with Crippen molar-refractivity contribution in [3.05, 3.63) is 11.2 Å². The third-order valence-corrected chi connectivity index (χ3v) is 6.99. The number of methoxy groups -OCH3 is 1. The van der Waals surface area contributed by atoms with Gasteiger partial charge in [0.25, 0.3) is 10.0 Å². The van der Waals surface area contributed by atoms with Crippen molar-refractivity contribution in [2.24, 2.45) is 0 Å². The van der Waals surface area contributed by atoms with E-state index in [-0.39, 0.29) is 15.9 Å². The van der Waals surface area contributed by atoms with Crippen LogP contribution in [0.5, 0.6) is 0 Å². The molecule has 9 heteroatoms. The highest BCUT2D eigenvalue weighted by Crippen LogP contribution is 2.27. The second kappa shape index (κ2) is 6.39. The number of hydrogen-bond acceptors (Lipinski definition) is 7. The predicted molar refractivity (Wildman–Crippen MR) is 78.9 cm³/mol. The minimum absolute atomic E-state index is 0.0456. The highest BCUT2D eigenvalue weighted by atomic mass is 32.2. The molecule has 0 amide bonds. The summed E-state index contributed by atoms with van der Waals surface area (Å²) in [7, 11) is 1.06. The van der Waals surface area contributed by atoms with Crippen LogP contribution in [0.4, 0.5) is 0 Å². The summed E-state index contributed by atoms with van der Waals surface area (Å²) in [6.45, 7) is 1.72. The monoisotopic (exact) mass is 333 g/mol. The number of carbonyl (C=O) groups is 1. The summed E-state index contributed by atoms with van der Waals surface area (Å²) in [5, 5.41) is 0. The molecule has 0 radical (unpaired) electrons. The molecule has 1 fully saturated rings. The molecule has 2 heterocycles. The molecule has 21 heavy (non-hydrogen) atoms. The molecule has 0 N–H and O–H groups in total. The fourth-order valence-electron chi connectivity index (χ4n) is 2.34. The topological polar surface area (TPSA) is 79.8 Å². The number of nitrogens with zero attached hydrogens (tertiary/aromatic N) is 3. The molecule has 0 aliphatic carbocycles. The Hall–Kier alpha value is -1.03. The van der Waals surface area contributed by atoms with Crippen molar-refractivity contribution >= 4 is 27.3 Å². The van der Waals surface area contributed by atoms with E-state index in [4.69, 9.17) is 0 Å². The maximum atomic E-state index is 12.7. The van der Waals surface area contributed by atoms with Gasteiger partial charge in [-0.25, -0.2) is 18.2 Å². The molecule has 0 unspecified atom stereocenters. The maximum absolute atomic E-state index is 12.7. The lowest BCUT2D eigenvalue weighted by molar-refractivity contribution is 0.0590. The maximum Gasteiger partial charge on any atom is 0.358 e. The first-order valence-corrected chi connectivity index (χ1v) is 8.88. The van der Waals surface area contributed by atoms with E-state index in [9.17, 15) is 13.2 Å². The number of thiazole rings is 1. The van der Waals surface area contributed by atoms with Gasteiger partial charge in [-0.2, -0.15) is 4.31 Å². The van der Waals surface area contributed by atoms with E-state index < -0.39 is 16.0 Å². The highest BCUT2D eigenvalue weighted by Gasteiger charge is 2.34. The second-order valence-electron chi connectivity index (χ2n) is 5.04. The van der Waals surface area contributed by atoms with Crippen LogP contribution in [0.25, 0.3) is 0 Å². The number of aromatic nitrogens is 1. The smallest absolute Gasteiger partial charge is 0.358 e. The Balaban J connectivity index is 2.26. The average Bonchev–Trinajstić information content (AvgIpc) is 2.96. The predicted octanol–water partition coefficient (Wildman–Crippen LogP) is 0.644. The Morgan fingerprint density at radius 3 is 2.67 bits per heavy atom. The Labute approximate surface area is 128 Å². The zero-order valence-electron chi connectivity index (χ0n) is 12.3. The Morgan fingerprint density at radius 2 is 2.10 bits per heavy atom. The molecule has 1 aromatic heterocycles. The van der Waals surface area contributed by atoms with Crippen LogP contribution in [0.1, 0.15) is 23.3 Å². The summed E-state index contributed by atoms with van der Waals surface area (Å²) < 4.78 is 31.3.